The summed E-state index contributed by atoms with van der Waals surface area (Å²) in [6.45, 7) is 15.4. The van der Waals surface area contributed by atoms with Crippen molar-refractivity contribution in [2.75, 3.05) is 46.5 Å². The van der Waals surface area contributed by atoms with E-state index in [1.54, 1.807) is 0 Å². The van der Waals surface area contributed by atoms with E-state index in [1.807, 2.05) is 0 Å². The summed E-state index contributed by atoms with van der Waals surface area (Å²) in [5.41, 5.74) is 2.64. The molecule has 1 fully saturated rings. The van der Waals surface area contributed by atoms with Gasteiger partial charge in [0.15, 0.2) is 0 Å². The number of likely N-dealkylation sites (N-methyl/N-ethyl adjacent to an activating group) is 1. The van der Waals surface area contributed by atoms with E-state index in [0.29, 0.717) is 18.6 Å². The van der Waals surface area contributed by atoms with Crippen LogP contribution in [0.3, 0.4) is 0 Å². The fraction of sp³-hybridized carbons (Fsp3) is 0.735. The molecule has 0 aromatic heterocycles. The van der Waals surface area contributed by atoms with E-state index in [0.717, 1.165) is 79.0 Å². The highest BCUT2D eigenvalue weighted by Gasteiger charge is 2.46. The number of morpholine rings is 1. The largest absolute Gasteiger partial charge is 0.851 e. The number of quaternary nitrogens is 1. The highest BCUT2D eigenvalue weighted by molar-refractivity contribution is 5.74. The standard InChI is InChI=1S/C34H53NO5/c1-7-8-9-10-15-33(2,3)26-22-29(39-31(37)12-11-16-35(6)17-19-38-20-18-35)32-27-21-25(24-36)13-14-28(27)34(4,5)40-30(32)23-26/h13,22-23,27-28H,7-12,14-21,24H2,1-6H3/t27-,28?/m0/s1. The lowest BCUT2D eigenvalue weighted by Gasteiger charge is -2.48. The molecule has 1 saturated heterocycles. The Balaban J connectivity index is 1.61. The van der Waals surface area contributed by atoms with Crippen LogP contribution in [0, 0.1) is 5.92 Å². The van der Waals surface area contributed by atoms with E-state index in [2.05, 4.69) is 59.9 Å². The molecule has 1 aromatic carbocycles. The summed E-state index contributed by atoms with van der Waals surface area (Å²) in [6.07, 6.45) is 10.7. The van der Waals surface area contributed by atoms with Crippen molar-refractivity contribution in [1.29, 1.82) is 0 Å². The van der Waals surface area contributed by atoms with Gasteiger partial charge in [0.05, 0.1) is 33.2 Å². The molecule has 224 valence electrons. The van der Waals surface area contributed by atoms with Crippen LogP contribution in [-0.4, -0.2) is 62.6 Å². The molecule has 1 aliphatic carbocycles. The molecule has 6 nitrogen and oxygen atoms in total. The highest BCUT2D eigenvalue weighted by Crippen LogP contribution is 2.55. The molecule has 1 aromatic rings. The molecule has 0 amide bonds. The highest BCUT2D eigenvalue weighted by atomic mass is 16.5. The van der Waals surface area contributed by atoms with Crippen LogP contribution in [0.25, 0.3) is 0 Å². The molecule has 0 N–H and O–H groups in total. The van der Waals surface area contributed by atoms with Gasteiger partial charge in [-0.1, -0.05) is 58.1 Å². The summed E-state index contributed by atoms with van der Waals surface area (Å²) in [6, 6.07) is 4.31. The number of esters is 1. The Labute approximate surface area is 242 Å². The van der Waals surface area contributed by atoms with Gasteiger partial charge in [-0.15, -0.1) is 6.61 Å². The predicted octanol–water partition coefficient (Wildman–Crippen LogP) is 6.05. The van der Waals surface area contributed by atoms with E-state index in [-0.39, 0.29) is 35.4 Å². The van der Waals surface area contributed by atoms with Gasteiger partial charge in [0.1, 0.15) is 30.2 Å². The number of hydrogen-bond acceptors (Lipinski definition) is 5. The third-order valence-electron chi connectivity index (χ3n) is 9.84. The molecule has 6 heteroatoms. The molecule has 2 heterocycles. The molecule has 0 bridgehead atoms. The van der Waals surface area contributed by atoms with Crippen LogP contribution >= 0.6 is 0 Å². The monoisotopic (exact) mass is 555 g/mol. The maximum atomic E-state index is 13.3. The zero-order valence-electron chi connectivity index (χ0n) is 26.0. The van der Waals surface area contributed by atoms with Crippen molar-refractivity contribution in [3.05, 3.63) is 34.9 Å². The lowest BCUT2D eigenvalue weighted by atomic mass is 9.66. The van der Waals surface area contributed by atoms with Gasteiger partial charge < -0.3 is 23.8 Å². The Morgan fingerprint density at radius 2 is 1.90 bits per heavy atom. The van der Waals surface area contributed by atoms with Gasteiger partial charge in [-0.25, -0.2) is 0 Å². The zero-order chi connectivity index (χ0) is 29.0. The maximum absolute atomic E-state index is 13.3. The van der Waals surface area contributed by atoms with Gasteiger partial charge in [-0.2, -0.15) is 0 Å². The van der Waals surface area contributed by atoms with Crippen molar-refractivity contribution < 1.29 is 28.6 Å². The van der Waals surface area contributed by atoms with E-state index in [4.69, 9.17) is 14.2 Å². The third-order valence-corrected chi connectivity index (χ3v) is 9.84. The lowest BCUT2D eigenvalue weighted by molar-refractivity contribution is -0.917. The molecule has 3 aliphatic rings. The first-order valence-corrected chi connectivity index (χ1v) is 15.7. The molecule has 0 radical (unpaired) electrons. The van der Waals surface area contributed by atoms with Crippen LogP contribution < -0.4 is 14.6 Å². The van der Waals surface area contributed by atoms with Gasteiger partial charge in [-0.3, -0.25) is 4.79 Å². The number of unbranched alkanes of at least 4 members (excludes halogenated alkanes) is 3. The van der Waals surface area contributed by atoms with Crippen LogP contribution in [0.4, 0.5) is 0 Å². The Hall–Kier alpha value is -1.89. The minimum atomic E-state index is -0.370. The number of benzene rings is 1. The molecular formula is C34H53NO5. The first-order valence-electron chi connectivity index (χ1n) is 15.7. The fourth-order valence-electron chi connectivity index (χ4n) is 6.96. The van der Waals surface area contributed by atoms with Gasteiger partial charge >= 0.3 is 5.97 Å². The number of fused-ring (bicyclic) bond motifs is 3. The number of allylic oxidation sites excluding steroid dienone is 1. The van der Waals surface area contributed by atoms with Crippen molar-refractivity contribution in [3.8, 4) is 11.5 Å². The number of ether oxygens (including phenoxy) is 3. The van der Waals surface area contributed by atoms with Crippen LogP contribution in [0.2, 0.25) is 0 Å². The van der Waals surface area contributed by atoms with Crippen LogP contribution in [0.1, 0.15) is 109 Å². The van der Waals surface area contributed by atoms with Gasteiger partial charge in [0.25, 0.3) is 0 Å². The summed E-state index contributed by atoms with van der Waals surface area (Å²) in [5.74, 6) is 1.62. The van der Waals surface area contributed by atoms with Gasteiger partial charge in [-0.05, 0) is 56.2 Å². The fourth-order valence-corrected chi connectivity index (χ4v) is 6.96. The minimum absolute atomic E-state index is 0.0734. The van der Waals surface area contributed by atoms with Crippen molar-refractivity contribution >= 4 is 5.97 Å². The quantitative estimate of drug-likeness (QED) is 0.103. The number of hydrogen-bond donors (Lipinski definition) is 0. The first-order chi connectivity index (χ1) is 19.0. The normalized spacial score (nSPS) is 23.4. The number of carbonyl (C=O) groups is 1. The Morgan fingerprint density at radius 3 is 2.60 bits per heavy atom. The lowest BCUT2D eigenvalue weighted by Crippen LogP contribution is -2.52. The second kappa shape index (κ2) is 13.0. The molecule has 0 saturated carbocycles. The van der Waals surface area contributed by atoms with E-state index in [1.165, 1.54) is 25.7 Å². The van der Waals surface area contributed by atoms with Crippen LogP contribution in [0.15, 0.2) is 23.8 Å². The molecule has 1 unspecified atom stereocenters. The van der Waals surface area contributed by atoms with Crippen molar-refractivity contribution in [1.82, 2.24) is 0 Å². The van der Waals surface area contributed by atoms with Crippen molar-refractivity contribution in [3.63, 3.8) is 0 Å². The summed E-state index contributed by atoms with van der Waals surface area (Å²) in [4.78, 5) is 13.3. The molecule has 0 spiro atoms. The van der Waals surface area contributed by atoms with Gasteiger partial charge in [0, 0.05) is 23.8 Å². The summed E-state index contributed by atoms with van der Waals surface area (Å²) >= 11 is 0. The van der Waals surface area contributed by atoms with Crippen LogP contribution in [0.5, 0.6) is 11.5 Å². The average Bonchev–Trinajstić information content (AvgIpc) is 2.90. The number of nitrogens with zero attached hydrogens (tertiary/aromatic N) is 1. The molecular weight excluding hydrogens is 502 g/mol. The summed E-state index contributed by atoms with van der Waals surface area (Å²) < 4.78 is 19.4. The smallest absolute Gasteiger partial charge is 0.311 e. The SMILES string of the molecule is CCCCCCC(C)(C)c1cc(OC(=O)CCC[N+]2(C)CCOCC2)c2c(c1)OC(C)(C)C1CC=C(C[O-])C[C@H]21. The average molecular weight is 556 g/mol. The Bertz CT molecular complexity index is 1050. The zero-order valence-corrected chi connectivity index (χ0v) is 26.0. The third kappa shape index (κ3) is 7.30. The number of rotatable bonds is 12. The summed E-state index contributed by atoms with van der Waals surface area (Å²) in [7, 11) is 2.25. The predicted molar refractivity (Wildman–Crippen MR) is 158 cm³/mol. The molecule has 40 heavy (non-hydrogen) atoms. The maximum Gasteiger partial charge on any atom is 0.311 e. The second-order valence-electron chi connectivity index (χ2n) is 13.9. The van der Waals surface area contributed by atoms with Crippen LogP contribution in [-0.2, 0) is 14.9 Å². The van der Waals surface area contributed by atoms with Crippen molar-refractivity contribution in [2.24, 2.45) is 5.92 Å². The number of carbonyl (C=O) groups excluding carboxylic acids is 1. The van der Waals surface area contributed by atoms with Crippen molar-refractivity contribution in [2.45, 2.75) is 109 Å². The van der Waals surface area contributed by atoms with E-state index in [9.17, 15) is 9.90 Å². The summed E-state index contributed by atoms with van der Waals surface area (Å²) in [5, 5.41) is 11.9. The van der Waals surface area contributed by atoms with Gasteiger partial charge in [0.2, 0.25) is 0 Å². The topological polar surface area (TPSA) is 67.8 Å². The second-order valence-corrected chi connectivity index (χ2v) is 13.9. The Morgan fingerprint density at radius 1 is 1.15 bits per heavy atom. The first kappa shape index (κ1) is 31.1. The molecule has 4 rings (SSSR count). The molecule has 2 aliphatic heterocycles. The minimum Gasteiger partial charge on any atom is -0.851 e. The molecule has 2 atom stereocenters. The Kier molecular flexibility index (Phi) is 10.1. The van der Waals surface area contributed by atoms with E-state index < -0.39 is 0 Å². The van der Waals surface area contributed by atoms with E-state index >= 15 is 0 Å².